The summed E-state index contributed by atoms with van der Waals surface area (Å²) in [4.78, 5) is 26.0. The lowest BCUT2D eigenvalue weighted by molar-refractivity contribution is -0.140. The Balaban J connectivity index is 2.83. The van der Waals surface area contributed by atoms with Crippen LogP contribution in [0, 0.1) is 5.92 Å². The zero-order valence-corrected chi connectivity index (χ0v) is 10.5. The quantitative estimate of drug-likeness (QED) is 0.483. The minimum atomic E-state index is -0.892. The first-order chi connectivity index (χ1) is 9.49. The van der Waals surface area contributed by atoms with Crippen LogP contribution >= 0.6 is 0 Å². The van der Waals surface area contributed by atoms with Crippen molar-refractivity contribution in [1.29, 1.82) is 1.43 Å². The van der Waals surface area contributed by atoms with Crippen molar-refractivity contribution in [2.24, 2.45) is 11.0 Å². The summed E-state index contributed by atoms with van der Waals surface area (Å²) in [6, 6.07) is 5.03. The van der Waals surface area contributed by atoms with Crippen LogP contribution in [0.15, 0.2) is 29.4 Å². The number of carbonyl (C=O) groups is 2. The minimum absolute atomic E-state index is 0.209. The maximum absolute atomic E-state index is 12.0. The van der Waals surface area contributed by atoms with E-state index in [0.717, 1.165) is 0 Å². The number of benzene rings is 1. The predicted octanol–water partition coefficient (Wildman–Crippen LogP) is 2.47. The van der Waals surface area contributed by atoms with Crippen LogP contribution in [0.4, 0.5) is 5.69 Å². The standard InChI is InChI=1S/C12H14N4O3/c1-7(2)10(12(18)19)14-11(17)8-3-5-9(6-4-8)15-16-13/h3-7,10H,1-2H3,(H,14,17)(H,18,19)/t10-/m0/s1/i/hD. The molecular formula is C12H14N4O3. The maximum Gasteiger partial charge on any atom is 0.326 e. The van der Waals surface area contributed by atoms with Crippen LogP contribution in [-0.4, -0.2) is 23.0 Å². The average Bonchev–Trinajstić information content (AvgIpc) is 2.44. The third-order valence-electron chi connectivity index (χ3n) is 2.50. The number of hydrogen-bond donors (Lipinski definition) is 2. The Morgan fingerprint density at radius 1 is 1.42 bits per heavy atom. The minimum Gasteiger partial charge on any atom is -0.480 e. The van der Waals surface area contributed by atoms with Gasteiger partial charge in [-0.25, -0.2) is 4.79 Å². The van der Waals surface area contributed by atoms with E-state index < -0.39 is 17.9 Å². The topological polar surface area (TPSA) is 115 Å². The molecule has 1 aromatic rings. The largest absolute Gasteiger partial charge is 0.480 e. The SMILES string of the molecule is [2H]OC(=O)[C@@H](NC(=O)c1ccc(N=[N+]=[N-])cc1)C(C)C. The number of aliphatic carboxylic acids is 1. The van der Waals surface area contributed by atoms with Crippen molar-refractivity contribution in [1.82, 2.24) is 5.32 Å². The number of hydrogen-bond acceptors (Lipinski definition) is 4. The molecule has 0 heterocycles. The van der Waals surface area contributed by atoms with E-state index >= 15 is 0 Å². The summed E-state index contributed by atoms with van der Waals surface area (Å²) in [6.07, 6.45) is 0. The fourth-order valence-corrected chi connectivity index (χ4v) is 1.45. The highest BCUT2D eigenvalue weighted by molar-refractivity contribution is 5.96. The molecule has 19 heavy (non-hydrogen) atoms. The van der Waals surface area contributed by atoms with E-state index in [2.05, 4.69) is 20.5 Å². The van der Waals surface area contributed by atoms with Gasteiger partial charge in [-0.15, -0.1) is 0 Å². The third-order valence-corrected chi connectivity index (χ3v) is 2.50. The fourth-order valence-electron chi connectivity index (χ4n) is 1.45. The van der Waals surface area contributed by atoms with Crippen LogP contribution in [0.3, 0.4) is 0 Å². The van der Waals surface area contributed by atoms with Gasteiger partial charge in [0.15, 0.2) is 0 Å². The Morgan fingerprint density at radius 2 is 2.05 bits per heavy atom. The van der Waals surface area contributed by atoms with E-state index in [4.69, 9.17) is 6.96 Å². The smallest absolute Gasteiger partial charge is 0.326 e. The van der Waals surface area contributed by atoms with Gasteiger partial charge < -0.3 is 10.4 Å². The number of carbonyl (C=O) groups excluding carboxylic acids is 1. The van der Waals surface area contributed by atoms with E-state index in [-0.39, 0.29) is 5.92 Å². The summed E-state index contributed by atoms with van der Waals surface area (Å²) in [5, 5.41) is 9.79. The van der Waals surface area contributed by atoms with Gasteiger partial charge in [0.2, 0.25) is 0 Å². The van der Waals surface area contributed by atoms with Crippen molar-refractivity contribution < 1.29 is 14.7 Å². The number of nitrogens with one attached hydrogen (secondary N) is 1. The lowest BCUT2D eigenvalue weighted by Crippen LogP contribution is -2.44. The van der Waals surface area contributed by atoms with Gasteiger partial charge in [0.25, 0.3) is 7.34 Å². The molecule has 0 saturated carbocycles. The van der Waals surface area contributed by atoms with E-state index in [1.54, 1.807) is 13.8 Å². The number of nitrogens with zero attached hydrogens (tertiary/aromatic N) is 3. The molecule has 0 saturated heterocycles. The number of carboxylic acids is 1. The maximum atomic E-state index is 12.0. The van der Waals surface area contributed by atoms with Crippen LogP contribution in [0.2, 0.25) is 0 Å². The molecule has 0 bridgehead atoms. The molecule has 0 fully saturated rings. The molecule has 100 valence electrons. The fraction of sp³-hybridized carbons (Fsp3) is 0.333. The molecule has 0 aliphatic heterocycles. The molecule has 0 aliphatic rings. The zero-order valence-electron chi connectivity index (χ0n) is 11.5. The monoisotopic (exact) mass is 263 g/mol. The predicted molar refractivity (Wildman–Crippen MR) is 69.0 cm³/mol. The van der Waals surface area contributed by atoms with Crippen LogP contribution in [0.5, 0.6) is 0 Å². The summed E-state index contributed by atoms with van der Waals surface area (Å²) in [6.45, 7) is 3.46. The molecule has 1 rings (SSSR count). The van der Waals surface area contributed by atoms with Gasteiger partial charge in [-0.2, -0.15) is 0 Å². The Labute approximate surface area is 111 Å². The van der Waals surface area contributed by atoms with E-state index in [1.165, 1.54) is 24.3 Å². The first-order valence-electron chi connectivity index (χ1n) is 6.03. The van der Waals surface area contributed by atoms with Gasteiger partial charge in [0, 0.05) is 16.2 Å². The van der Waals surface area contributed by atoms with Crippen LogP contribution < -0.4 is 5.32 Å². The van der Waals surface area contributed by atoms with Crippen molar-refractivity contribution in [2.45, 2.75) is 19.9 Å². The molecule has 7 heteroatoms. The zero-order chi connectivity index (χ0) is 15.1. The second kappa shape index (κ2) is 6.42. The summed E-state index contributed by atoms with van der Waals surface area (Å²) in [5.74, 6) is -1.50. The summed E-state index contributed by atoms with van der Waals surface area (Å²) < 4.78 is 6.61. The second-order valence-electron chi connectivity index (χ2n) is 4.25. The second-order valence-corrected chi connectivity index (χ2v) is 4.25. The molecule has 1 atom stereocenters. The van der Waals surface area contributed by atoms with Gasteiger partial charge in [0.05, 0.1) is 0 Å². The van der Waals surface area contributed by atoms with Gasteiger partial charge in [-0.05, 0) is 23.6 Å². The lowest BCUT2D eigenvalue weighted by atomic mass is 10.0. The summed E-state index contributed by atoms with van der Waals surface area (Å²) in [7, 11) is 0. The molecule has 7 nitrogen and oxygen atoms in total. The molecule has 2 N–H and O–H groups in total. The first kappa shape index (κ1) is 12.9. The first-order valence-corrected chi connectivity index (χ1v) is 5.62. The lowest BCUT2D eigenvalue weighted by Gasteiger charge is -2.17. The van der Waals surface area contributed by atoms with E-state index in [9.17, 15) is 9.59 Å². The number of azide groups is 1. The highest BCUT2D eigenvalue weighted by Crippen LogP contribution is 2.13. The number of rotatable bonds is 5. The van der Waals surface area contributed by atoms with Crippen molar-refractivity contribution in [3.63, 3.8) is 0 Å². The Kier molecular flexibility index (Phi) is 4.36. The highest BCUT2D eigenvalue weighted by Gasteiger charge is 2.23. The average molecular weight is 263 g/mol. The van der Waals surface area contributed by atoms with Gasteiger partial charge in [-0.1, -0.05) is 31.1 Å². The van der Waals surface area contributed by atoms with Crippen LogP contribution in [0.1, 0.15) is 24.2 Å². The Morgan fingerprint density at radius 3 is 2.53 bits per heavy atom. The molecule has 0 spiro atoms. The number of amides is 1. The Bertz CT molecular complexity index is 538. The van der Waals surface area contributed by atoms with Gasteiger partial charge in [-0.3, -0.25) is 4.79 Å². The summed E-state index contributed by atoms with van der Waals surface area (Å²) >= 11 is 0. The van der Waals surface area contributed by atoms with E-state index in [1.807, 2.05) is 0 Å². The molecule has 0 aliphatic carbocycles. The molecule has 0 radical (unpaired) electrons. The Hall–Kier alpha value is -2.53. The van der Waals surface area contributed by atoms with Crippen LogP contribution in [0.25, 0.3) is 11.9 Å². The summed E-state index contributed by atoms with van der Waals surface area (Å²) in [5.41, 5.74) is 8.97. The van der Waals surface area contributed by atoms with Crippen molar-refractivity contribution in [3.05, 3.63) is 40.3 Å². The van der Waals surface area contributed by atoms with E-state index in [0.29, 0.717) is 11.3 Å². The van der Waals surface area contributed by atoms with Crippen molar-refractivity contribution in [3.8, 4) is 0 Å². The molecule has 1 aromatic carbocycles. The molecule has 0 aromatic heterocycles. The normalized spacial score (nSPS) is 12.1. The molecule has 0 unspecified atom stereocenters. The highest BCUT2D eigenvalue weighted by atomic mass is 16.4. The van der Waals surface area contributed by atoms with Crippen molar-refractivity contribution in [2.75, 3.05) is 0 Å². The molecular weight excluding hydrogens is 248 g/mol. The van der Waals surface area contributed by atoms with Crippen LogP contribution in [-0.2, 0) is 4.79 Å². The third kappa shape index (κ3) is 4.01. The van der Waals surface area contributed by atoms with Gasteiger partial charge >= 0.3 is 5.97 Å². The van der Waals surface area contributed by atoms with Gasteiger partial charge in [0.1, 0.15) is 6.04 Å². The van der Waals surface area contributed by atoms with Crippen molar-refractivity contribution >= 4 is 17.6 Å². The number of carboxylic acid groups (broad SMARTS) is 1. The molecule has 1 amide bonds.